The molecule has 0 radical (unpaired) electrons. The van der Waals surface area contributed by atoms with E-state index in [4.69, 9.17) is 21.1 Å². The molecule has 2 unspecified atom stereocenters. The lowest BCUT2D eigenvalue weighted by molar-refractivity contribution is -0.119. The van der Waals surface area contributed by atoms with Crippen molar-refractivity contribution in [2.24, 2.45) is 11.0 Å². The van der Waals surface area contributed by atoms with Gasteiger partial charge in [0.25, 0.3) is 0 Å². The normalized spacial score (nSPS) is 25.4. The second-order valence-corrected chi connectivity index (χ2v) is 17.8. The number of azide groups is 1. The summed E-state index contributed by atoms with van der Waals surface area (Å²) in [5, 5.41) is 7.37. The van der Waals surface area contributed by atoms with Gasteiger partial charge in [0.15, 0.2) is 0 Å². The van der Waals surface area contributed by atoms with Gasteiger partial charge < -0.3 is 19.7 Å². The van der Waals surface area contributed by atoms with Crippen LogP contribution in [0.25, 0.3) is 10.4 Å². The molecule has 3 saturated heterocycles. The van der Waals surface area contributed by atoms with Crippen LogP contribution in [0.2, 0.25) is 5.02 Å². The van der Waals surface area contributed by atoms with E-state index >= 15 is 4.39 Å². The number of anilines is 1. The molecular weight excluding hydrogens is 699 g/mol. The minimum absolute atomic E-state index is 0.0386. The molecular formula is C36H48ClFN6O6S. The second-order valence-electron chi connectivity index (χ2n) is 15.4. The first-order valence-electron chi connectivity index (χ1n) is 17.5. The summed E-state index contributed by atoms with van der Waals surface area (Å²) in [4.78, 5) is 32.1. The summed E-state index contributed by atoms with van der Waals surface area (Å²) in [5.41, 5.74) is 9.61. The smallest absolute Gasteiger partial charge is 0.410 e. The summed E-state index contributed by atoms with van der Waals surface area (Å²) in [6.45, 7) is 10.00. The number of hydrogen-bond donors (Lipinski definition) is 1. The molecule has 0 aliphatic carbocycles. The van der Waals surface area contributed by atoms with Crippen LogP contribution in [0.5, 0.6) is 0 Å². The maximum Gasteiger partial charge on any atom is 0.410 e. The van der Waals surface area contributed by atoms with Gasteiger partial charge in [0.1, 0.15) is 17.5 Å². The van der Waals surface area contributed by atoms with Crippen LogP contribution in [0.4, 0.5) is 14.9 Å². The maximum atomic E-state index is 15.6. The Labute approximate surface area is 304 Å². The molecule has 3 aliphatic heterocycles. The van der Waals surface area contributed by atoms with Gasteiger partial charge in [-0.25, -0.2) is 17.6 Å². The first kappa shape index (κ1) is 38.8. The Hall–Kier alpha value is -3.42. The molecule has 0 saturated carbocycles. The van der Waals surface area contributed by atoms with Crippen molar-refractivity contribution < 1.29 is 31.9 Å². The van der Waals surface area contributed by atoms with Crippen LogP contribution in [0.3, 0.4) is 0 Å². The molecule has 0 aromatic heterocycles. The highest BCUT2D eigenvalue weighted by atomic mass is 35.5. The molecule has 0 spiro atoms. The van der Waals surface area contributed by atoms with E-state index in [9.17, 15) is 23.5 Å². The van der Waals surface area contributed by atoms with E-state index in [1.165, 1.54) is 16.4 Å². The van der Waals surface area contributed by atoms with Gasteiger partial charge >= 0.3 is 6.09 Å². The van der Waals surface area contributed by atoms with E-state index < -0.39 is 57.0 Å². The Morgan fingerprint density at radius 1 is 1.18 bits per heavy atom. The number of amides is 2. The predicted molar refractivity (Wildman–Crippen MR) is 193 cm³/mol. The lowest BCUT2D eigenvalue weighted by Gasteiger charge is -2.44. The first-order valence-corrected chi connectivity index (χ1v) is 19.5. The highest BCUT2D eigenvalue weighted by molar-refractivity contribution is 7.89. The van der Waals surface area contributed by atoms with Crippen molar-refractivity contribution in [3.63, 3.8) is 0 Å². The Morgan fingerprint density at radius 3 is 2.57 bits per heavy atom. The van der Waals surface area contributed by atoms with Crippen molar-refractivity contribution in [1.29, 1.82) is 0 Å². The Kier molecular flexibility index (Phi) is 11.9. The Balaban J connectivity index is 1.41. The third-order valence-electron chi connectivity index (χ3n) is 9.96. The predicted octanol–water partition coefficient (Wildman–Crippen LogP) is 7.43. The maximum absolute atomic E-state index is 15.6. The van der Waals surface area contributed by atoms with Crippen LogP contribution in [0.15, 0.2) is 47.6 Å². The van der Waals surface area contributed by atoms with Crippen LogP contribution in [0, 0.1) is 11.7 Å². The number of sulfonamides is 1. The van der Waals surface area contributed by atoms with Crippen LogP contribution in [0.1, 0.15) is 83.8 Å². The van der Waals surface area contributed by atoms with E-state index in [0.717, 1.165) is 5.56 Å². The fourth-order valence-electron chi connectivity index (χ4n) is 7.68. The molecule has 12 nitrogen and oxygen atoms in total. The average Bonchev–Trinajstić information content (AvgIpc) is 3.16. The number of halogens is 2. The molecule has 5 rings (SSSR count). The number of rotatable bonds is 9. The molecule has 2 aromatic carbocycles. The Morgan fingerprint density at radius 2 is 1.90 bits per heavy atom. The van der Waals surface area contributed by atoms with Gasteiger partial charge in [-0.2, -0.15) is 4.31 Å². The number of nitrogens with zero attached hydrogens (tertiary/aromatic N) is 5. The van der Waals surface area contributed by atoms with E-state index in [1.54, 1.807) is 43.9 Å². The van der Waals surface area contributed by atoms with Gasteiger partial charge in [-0.3, -0.25) is 4.79 Å². The summed E-state index contributed by atoms with van der Waals surface area (Å²) >= 11 is 6.20. The lowest BCUT2D eigenvalue weighted by atomic mass is 9.73. The summed E-state index contributed by atoms with van der Waals surface area (Å²) in [6.07, 6.45) is 1.91. The number of benzene rings is 2. The number of fused-ring (bicyclic) bond motifs is 2. The van der Waals surface area contributed by atoms with Gasteiger partial charge in [-0.05, 0) is 114 Å². The fourth-order valence-corrected chi connectivity index (χ4v) is 9.60. The molecule has 2 amide bonds. The third-order valence-corrected chi connectivity index (χ3v) is 12.2. The van der Waals surface area contributed by atoms with Crippen LogP contribution in [-0.4, -0.2) is 84.4 Å². The number of carbonyl (C=O) groups is 2. The molecule has 2 bridgehead atoms. The Bertz CT molecular complexity index is 1750. The summed E-state index contributed by atoms with van der Waals surface area (Å²) in [5.74, 6) is -1.83. The SMILES string of the molecule is CC(C)(C)OC(=O)N1C[C@H](CCc2c(F)cccc2NC(=O)[C@@H](N=[N+]=[N-])[C@@H](c2ccc(Cl)cc2)C2CCOC(C)(C)C2)N2C[C@H]1CCCS2(=O)=O. The van der Waals surface area contributed by atoms with Gasteiger partial charge in [-0.15, -0.1) is 0 Å². The molecule has 3 heterocycles. The summed E-state index contributed by atoms with van der Waals surface area (Å²) in [6, 6.07) is 9.28. The zero-order valence-corrected chi connectivity index (χ0v) is 31.4. The number of piperazine rings is 1. The highest BCUT2D eigenvalue weighted by Gasteiger charge is 2.45. The number of nitrogens with one attached hydrogen (secondary N) is 1. The molecule has 15 heteroatoms. The largest absolute Gasteiger partial charge is 0.444 e. The van der Waals surface area contributed by atoms with Gasteiger partial charge in [0.2, 0.25) is 15.9 Å². The molecule has 3 aliphatic rings. The fraction of sp³-hybridized carbons (Fsp3) is 0.611. The van der Waals surface area contributed by atoms with Crippen LogP contribution in [-0.2, 0) is 30.7 Å². The number of ether oxygens (including phenoxy) is 2. The second kappa shape index (κ2) is 15.7. The quantitative estimate of drug-likeness (QED) is 0.160. The van der Waals surface area contributed by atoms with E-state index in [1.807, 2.05) is 26.0 Å². The zero-order chi connectivity index (χ0) is 37.1. The molecule has 6 atom stereocenters. The molecule has 51 heavy (non-hydrogen) atoms. The monoisotopic (exact) mass is 746 g/mol. The van der Waals surface area contributed by atoms with Gasteiger partial charge in [-0.1, -0.05) is 34.9 Å². The minimum atomic E-state index is -3.62. The summed E-state index contributed by atoms with van der Waals surface area (Å²) < 4.78 is 55.4. The molecule has 2 aromatic rings. The van der Waals surface area contributed by atoms with E-state index in [2.05, 4.69) is 15.3 Å². The van der Waals surface area contributed by atoms with Crippen LogP contribution < -0.4 is 5.32 Å². The van der Waals surface area contributed by atoms with Crippen molar-refractivity contribution in [2.75, 3.05) is 30.8 Å². The standard InChI is InChI=1S/C36H48ClFN6O6S/c1-35(2,3)50-34(46)43-21-27(44-22-26(43)8-7-19-51(44,47)48)15-16-28-29(38)9-6-10-30(28)40-33(45)32(41-42-39)31(23-11-13-25(37)14-12-23)24-17-18-49-36(4,5)20-24/h6,9-14,24,26-27,31-32H,7-8,15-22H2,1-5H3,(H,40,45)/t24?,26-,27+,31+,32+/m1/s1. The highest BCUT2D eigenvalue weighted by Crippen LogP contribution is 2.42. The van der Waals surface area contributed by atoms with Crippen molar-refractivity contribution >= 4 is 39.3 Å². The lowest BCUT2D eigenvalue weighted by Crippen LogP contribution is -2.60. The van der Waals surface area contributed by atoms with Gasteiger partial charge in [0.05, 0.1) is 11.4 Å². The van der Waals surface area contributed by atoms with E-state index in [-0.39, 0.29) is 54.9 Å². The van der Waals surface area contributed by atoms with E-state index in [0.29, 0.717) is 37.3 Å². The molecule has 3 fully saturated rings. The summed E-state index contributed by atoms with van der Waals surface area (Å²) in [7, 11) is -3.62. The third kappa shape index (κ3) is 9.53. The topological polar surface area (TPSA) is 154 Å². The molecule has 278 valence electrons. The van der Waals surface area contributed by atoms with Crippen molar-refractivity contribution in [3.8, 4) is 0 Å². The zero-order valence-electron chi connectivity index (χ0n) is 29.8. The van der Waals surface area contributed by atoms with Crippen molar-refractivity contribution in [3.05, 3.63) is 74.9 Å². The number of hydrogen-bond acceptors (Lipinski definition) is 7. The average molecular weight is 747 g/mol. The van der Waals surface area contributed by atoms with Crippen LogP contribution >= 0.6 is 11.6 Å². The molecule has 1 N–H and O–H groups in total. The minimum Gasteiger partial charge on any atom is -0.444 e. The number of carbonyl (C=O) groups excluding carboxylic acids is 2. The first-order chi connectivity index (χ1) is 24.0. The van der Waals surface area contributed by atoms with Crippen molar-refractivity contribution in [2.45, 2.75) is 108 Å². The van der Waals surface area contributed by atoms with Gasteiger partial charge in [0, 0.05) is 58.9 Å². The van der Waals surface area contributed by atoms with Crippen molar-refractivity contribution in [1.82, 2.24) is 9.21 Å².